The molecule has 186 valence electrons. The number of halogens is 7. The number of unbranched alkanes of at least 4 members (excludes halogenated alkanes) is 7. The molecule has 0 aliphatic heterocycles. The van der Waals surface area contributed by atoms with Crippen LogP contribution in [0.25, 0.3) is 0 Å². The molecule has 0 N–H and O–H groups in total. The molecule has 0 spiro atoms. The summed E-state index contributed by atoms with van der Waals surface area (Å²) in [6.07, 6.45) is 12.6. The number of allylic oxidation sites excluding steroid dienone is 4. The van der Waals surface area contributed by atoms with E-state index >= 15 is 0 Å². The monoisotopic (exact) mass is 630 g/mol. The van der Waals surface area contributed by atoms with E-state index in [-0.39, 0.29) is 63.4 Å². The molecule has 1 fully saturated rings. The topological polar surface area (TPSA) is 66.4 Å². The van der Waals surface area contributed by atoms with E-state index < -0.39 is 24.5 Å². The van der Waals surface area contributed by atoms with Crippen LogP contribution in [0.15, 0.2) is 22.2 Å². The van der Waals surface area contributed by atoms with Gasteiger partial charge in [0.1, 0.15) is 9.75 Å². The molecule has 0 amide bonds. The fourth-order valence-electron chi connectivity index (χ4n) is 4.48. The van der Waals surface area contributed by atoms with Crippen molar-refractivity contribution in [3.8, 4) is 0 Å². The van der Waals surface area contributed by atoms with Gasteiger partial charge in [0.15, 0.2) is 4.33 Å². The van der Waals surface area contributed by atoms with E-state index in [0.29, 0.717) is 6.42 Å². The summed E-state index contributed by atoms with van der Waals surface area (Å²) < 4.78 is 32.8. The summed E-state index contributed by atoms with van der Waals surface area (Å²) in [4.78, 5) is -2.45. The van der Waals surface area contributed by atoms with Crippen LogP contribution in [0, 0.1) is 11.8 Å². The molecule has 0 aromatic carbocycles. The van der Waals surface area contributed by atoms with Crippen molar-refractivity contribution in [2.24, 2.45) is 11.8 Å². The molecule has 5 unspecified atom stereocenters. The summed E-state index contributed by atoms with van der Waals surface area (Å²) in [6, 6.07) is 0. The Morgan fingerprint density at radius 3 is 1.91 bits per heavy atom. The van der Waals surface area contributed by atoms with E-state index in [2.05, 4.69) is 11.1 Å². The standard InChI is InChI=1S/C10H5Cl7.C10H22O4S.Na/c11-4-2-1-3-5(4)9(15)7(13)6(12)8(3,14)10(9,16)17;1-2-3-4-5-6-7-8-9-10-14-15(11,12)13;/h1-5H;2-10H2,1H3,(H,11,12,13);/q;;+1/p-1. The third kappa shape index (κ3) is 6.69. The number of rotatable bonds is 10. The van der Waals surface area contributed by atoms with Gasteiger partial charge in [0.2, 0.25) is 10.4 Å². The maximum Gasteiger partial charge on any atom is 1.00 e. The Labute approximate surface area is 254 Å². The molecule has 0 radical (unpaired) electrons. The summed E-state index contributed by atoms with van der Waals surface area (Å²) in [5.74, 6) is -0.470. The Morgan fingerprint density at radius 2 is 1.39 bits per heavy atom. The van der Waals surface area contributed by atoms with Crippen molar-refractivity contribution >= 4 is 91.6 Å². The van der Waals surface area contributed by atoms with Crippen LogP contribution in [0.4, 0.5) is 0 Å². The maximum absolute atomic E-state index is 10.1. The number of hydrogen-bond donors (Lipinski definition) is 0. The van der Waals surface area contributed by atoms with E-state index in [9.17, 15) is 13.0 Å². The molecule has 0 aromatic rings. The minimum Gasteiger partial charge on any atom is -0.726 e. The van der Waals surface area contributed by atoms with Gasteiger partial charge in [-0.15, -0.1) is 34.8 Å². The zero-order valence-corrected chi connectivity index (χ0v) is 26.5. The second kappa shape index (κ2) is 13.4. The van der Waals surface area contributed by atoms with Crippen molar-refractivity contribution in [1.29, 1.82) is 0 Å². The minimum absolute atomic E-state index is 0. The average Bonchev–Trinajstić information content (AvgIpc) is 3.19. The molecule has 33 heavy (non-hydrogen) atoms. The SMILES string of the molecule is CCCCCCCCCCOS(=O)(=O)[O-].ClC1=C(Cl)C2(Cl)C3C(Cl)C=CC3C1(Cl)C2(Cl)Cl.[Na+]. The second-order valence-corrected chi connectivity index (χ2v) is 13.0. The largest absolute Gasteiger partial charge is 1.00 e. The zero-order chi connectivity index (χ0) is 24.4. The molecule has 0 aromatic heterocycles. The molecule has 4 nitrogen and oxygen atoms in total. The summed E-state index contributed by atoms with van der Waals surface area (Å²) in [5.41, 5.74) is 0. The van der Waals surface area contributed by atoms with Crippen LogP contribution in [-0.2, 0) is 14.6 Å². The van der Waals surface area contributed by atoms with Gasteiger partial charge in [-0.3, -0.25) is 4.18 Å². The van der Waals surface area contributed by atoms with E-state index in [1.54, 1.807) is 0 Å². The Hall–Kier alpha value is 2.38. The summed E-state index contributed by atoms with van der Waals surface area (Å²) >= 11 is 44.5. The Bertz CT molecular complexity index is 838. The van der Waals surface area contributed by atoms with Crippen LogP contribution in [0.3, 0.4) is 0 Å². The van der Waals surface area contributed by atoms with E-state index in [1.807, 2.05) is 12.2 Å². The van der Waals surface area contributed by atoms with Crippen LogP contribution in [0.1, 0.15) is 58.3 Å². The van der Waals surface area contributed by atoms with Crippen molar-refractivity contribution in [2.45, 2.75) is 77.7 Å². The van der Waals surface area contributed by atoms with Gasteiger partial charge in [0.05, 0.1) is 22.0 Å². The Morgan fingerprint density at radius 1 is 0.909 bits per heavy atom. The smallest absolute Gasteiger partial charge is 0.726 e. The van der Waals surface area contributed by atoms with Crippen LogP contribution in [-0.4, -0.2) is 39.0 Å². The van der Waals surface area contributed by atoms with Crippen molar-refractivity contribution < 1.29 is 46.7 Å². The maximum atomic E-state index is 10.1. The Kier molecular flexibility index (Phi) is 13.6. The summed E-state index contributed by atoms with van der Waals surface area (Å²) in [5, 5.41) is 0.113. The molecule has 13 heteroatoms. The van der Waals surface area contributed by atoms with E-state index in [4.69, 9.17) is 81.2 Å². The predicted molar refractivity (Wildman–Crippen MR) is 134 cm³/mol. The quantitative estimate of drug-likeness (QED) is 0.0863. The van der Waals surface area contributed by atoms with Gasteiger partial charge in [-0.2, -0.15) is 0 Å². The minimum atomic E-state index is -4.48. The van der Waals surface area contributed by atoms with Gasteiger partial charge in [0.25, 0.3) is 0 Å². The van der Waals surface area contributed by atoms with Crippen LogP contribution in [0.2, 0.25) is 0 Å². The molecule has 3 aliphatic carbocycles. The number of hydrogen-bond acceptors (Lipinski definition) is 4. The molecular formula is C20H26Cl7NaO4S. The third-order valence-electron chi connectivity index (χ3n) is 6.12. The summed E-state index contributed by atoms with van der Waals surface area (Å²) in [7, 11) is -4.48. The van der Waals surface area contributed by atoms with E-state index in [1.165, 1.54) is 32.1 Å². The van der Waals surface area contributed by atoms with Crippen molar-refractivity contribution in [2.75, 3.05) is 6.61 Å². The van der Waals surface area contributed by atoms with Gasteiger partial charge in [0, 0.05) is 11.8 Å². The van der Waals surface area contributed by atoms with Crippen molar-refractivity contribution in [3.63, 3.8) is 0 Å². The summed E-state index contributed by atoms with van der Waals surface area (Å²) in [6.45, 7) is 2.21. The molecule has 1 saturated carbocycles. The molecule has 0 heterocycles. The van der Waals surface area contributed by atoms with Crippen LogP contribution in [0.5, 0.6) is 0 Å². The number of fused-ring (bicyclic) bond motifs is 5. The van der Waals surface area contributed by atoms with E-state index in [0.717, 1.165) is 12.8 Å². The predicted octanol–water partition coefficient (Wildman–Crippen LogP) is 4.85. The molecule has 0 saturated heterocycles. The number of alkyl halides is 5. The molecule has 3 aliphatic rings. The molecular weight excluding hydrogens is 607 g/mol. The van der Waals surface area contributed by atoms with Gasteiger partial charge < -0.3 is 4.55 Å². The first kappa shape index (κ1) is 33.4. The normalized spacial score (nSPS) is 33.5. The molecule has 3 rings (SSSR count). The van der Waals surface area contributed by atoms with Gasteiger partial charge >= 0.3 is 29.6 Å². The van der Waals surface area contributed by atoms with Gasteiger partial charge in [-0.25, -0.2) is 8.42 Å². The first-order chi connectivity index (χ1) is 14.8. The van der Waals surface area contributed by atoms with Crippen molar-refractivity contribution in [3.05, 3.63) is 22.2 Å². The van der Waals surface area contributed by atoms with Gasteiger partial charge in [-0.05, 0) is 6.42 Å². The zero-order valence-electron chi connectivity index (χ0n) is 18.4. The van der Waals surface area contributed by atoms with Crippen LogP contribution >= 0.6 is 81.2 Å². The molecule has 5 atom stereocenters. The average molecular weight is 634 g/mol. The van der Waals surface area contributed by atoms with Crippen LogP contribution < -0.4 is 29.6 Å². The second-order valence-electron chi connectivity index (χ2n) is 8.21. The first-order valence-electron chi connectivity index (χ1n) is 10.5. The fourth-order valence-corrected chi connectivity index (χ4v) is 8.32. The van der Waals surface area contributed by atoms with Crippen molar-refractivity contribution in [1.82, 2.24) is 0 Å². The molecule has 2 bridgehead atoms. The van der Waals surface area contributed by atoms with Gasteiger partial charge in [-0.1, -0.05) is 110 Å². The first-order valence-corrected chi connectivity index (χ1v) is 14.5. The Balaban J connectivity index is 0.000000324. The fraction of sp³-hybridized carbons (Fsp3) is 0.800. The third-order valence-corrected chi connectivity index (χ3v) is 11.3.